The zero-order chi connectivity index (χ0) is 12.1. The predicted octanol–water partition coefficient (Wildman–Crippen LogP) is 2.63. The Morgan fingerprint density at radius 2 is 2.24 bits per heavy atom. The van der Waals surface area contributed by atoms with Crippen LogP contribution in [0.5, 0.6) is 0 Å². The number of hydrogen-bond donors (Lipinski definition) is 1. The van der Waals surface area contributed by atoms with E-state index in [0.717, 1.165) is 50.7 Å². The van der Waals surface area contributed by atoms with Crippen molar-refractivity contribution in [3.05, 3.63) is 17.8 Å². The standard InChI is InChI=1S/C13H22N2O2/c1-3-6-14-10(2)13-15-9-12(17-13)11-4-7-16-8-5-11/h9-11,14H,3-8H2,1-2H3. The highest BCUT2D eigenvalue weighted by Gasteiger charge is 2.21. The highest BCUT2D eigenvalue weighted by molar-refractivity contribution is 5.04. The Kier molecular flexibility index (Phi) is 4.57. The van der Waals surface area contributed by atoms with Gasteiger partial charge in [0, 0.05) is 19.1 Å². The first-order chi connectivity index (χ1) is 8.31. The topological polar surface area (TPSA) is 47.3 Å². The number of oxazole rings is 1. The smallest absolute Gasteiger partial charge is 0.211 e. The molecule has 0 spiro atoms. The Balaban J connectivity index is 1.94. The molecule has 1 aromatic rings. The summed E-state index contributed by atoms with van der Waals surface area (Å²) in [7, 11) is 0. The summed E-state index contributed by atoms with van der Waals surface area (Å²) in [6.07, 6.45) is 5.10. The Hall–Kier alpha value is -0.870. The van der Waals surface area contributed by atoms with Gasteiger partial charge < -0.3 is 14.5 Å². The molecule has 4 nitrogen and oxygen atoms in total. The third kappa shape index (κ3) is 3.30. The van der Waals surface area contributed by atoms with Gasteiger partial charge in [-0.15, -0.1) is 0 Å². The normalized spacial score (nSPS) is 19.4. The minimum absolute atomic E-state index is 0.198. The van der Waals surface area contributed by atoms with Gasteiger partial charge >= 0.3 is 0 Å². The van der Waals surface area contributed by atoms with E-state index in [2.05, 4.69) is 24.1 Å². The van der Waals surface area contributed by atoms with Gasteiger partial charge in [-0.2, -0.15) is 0 Å². The van der Waals surface area contributed by atoms with Crippen LogP contribution < -0.4 is 5.32 Å². The second kappa shape index (κ2) is 6.17. The zero-order valence-corrected chi connectivity index (χ0v) is 10.7. The van der Waals surface area contributed by atoms with E-state index < -0.39 is 0 Å². The fraction of sp³-hybridized carbons (Fsp3) is 0.769. The number of rotatable bonds is 5. The second-order valence-electron chi connectivity index (χ2n) is 4.66. The Morgan fingerprint density at radius 3 is 2.94 bits per heavy atom. The van der Waals surface area contributed by atoms with E-state index in [0.29, 0.717) is 5.92 Å². The minimum atomic E-state index is 0.198. The van der Waals surface area contributed by atoms with E-state index in [-0.39, 0.29) is 6.04 Å². The molecule has 1 unspecified atom stereocenters. The molecular weight excluding hydrogens is 216 g/mol. The van der Waals surface area contributed by atoms with Crippen molar-refractivity contribution < 1.29 is 9.15 Å². The van der Waals surface area contributed by atoms with Crippen LogP contribution in [0.25, 0.3) is 0 Å². The van der Waals surface area contributed by atoms with Crippen LogP contribution in [0.2, 0.25) is 0 Å². The summed E-state index contributed by atoms with van der Waals surface area (Å²) < 4.78 is 11.2. The van der Waals surface area contributed by atoms with Crippen molar-refractivity contribution in [3.8, 4) is 0 Å². The van der Waals surface area contributed by atoms with Crippen molar-refractivity contribution in [3.63, 3.8) is 0 Å². The van der Waals surface area contributed by atoms with Gasteiger partial charge in [-0.05, 0) is 32.7 Å². The van der Waals surface area contributed by atoms with Crippen molar-refractivity contribution in [2.24, 2.45) is 0 Å². The molecule has 0 aromatic carbocycles. The molecule has 1 atom stereocenters. The SMILES string of the molecule is CCCNC(C)c1ncc(C2CCOCC2)o1. The third-order valence-corrected chi connectivity index (χ3v) is 3.24. The molecule has 1 fully saturated rings. The molecule has 1 saturated heterocycles. The molecule has 1 N–H and O–H groups in total. The fourth-order valence-corrected chi connectivity index (χ4v) is 2.12. The van der Waals surface area contributed by atoms with E-state index in [4.69, 9.17) is 9.15 Å². The average molecular weight is 238 g/mol. The quantitative estimate of drug-likeness (QED) is 0.856. The van der Waals surface area contributed by atoms with Crippen LogP contribution in [-0.2, 0) is 4.74 Å². The highest BCUT2D eigenvalue weighted by Crippen LogP contribution is 2.28. The third-order valence-electron chi connectivity index (χ3n) is 3.24. The molecule has 0 saturated carbocycles. The molecule has 17 heavy (non-hydrogen) atoms. The largest absolute Gasteiger partial charge is 0.444 e. The summed E-state index contributed by atoms with van der Waals surface area (Å²) in [6.45, 7) is 6.92. The Morgan fingerprint density at radius 1 is 1.47 bits per heavy atom. The van der Waals surface area contributed by atoms with Gasteiger partial charge in [-0.1, -0.05) is 6.92 Å². The number of nitrogens with one attached hydrogen (secondary N) is 1. The first kappa shape index (κ1) is 12.6. The Labute approximate surface area is 103 Å². The fourth-order valence-electron chi connectivity index (χ4n) is 2.12. The number of hydrogen-bond acceptors (Lipinski definition) is 4. The Bertz CT molecular complexity index is 332. The van der Waals surface area contributed by atoms with E-state index >= 15 is 0 Å². The molecule has 0 aliphatic carbocycles. The molecule has 4 heteroatoms. The predicted molar refractivity (Wildman–Crippen MR) is 66.0 cm³/mol. The lowest BCUT2D eigenvalue weighted by molar-refractivity contribution is 0.0802. The van der Waals surface area contributed by atoms with Crippen molar-refractivity contribution >= 4 is 0 Å². The lowest BCUT2D eigenvalue weighted by atomic mass is 9.98. The van der Waals surface area contributed by atoms with Crippen LogP contribution in [0.15, 0.2) is 10.6 Å². The molecule has 0 amide bonds. The molecule has 1 aliphatic heterocycles. The van der Waals surface area contributed by atoms with Gasteiger partial charge in [0.05, 0.1) is 12.2 Å². The van der Waals surface area contributed by atoms with Gasteiger partial charge in [-0.25, -0.2) is 4.98 Å². The van der Waals surface area contributed by atoms with Gasteiger partial charge in [-0.3, -0.25) is 0 Å². The minimum Gasteiger partial charge on any atom is -0.444 e. The van der Waals surface area contributed by atoms with E-state index in [1.165, 1.54) is 0 Å². The molecule has 2 rings (SSSR count). The number of ether oxygens (including phenoxy) is 1. The summed E-state index contributed by atoms with van der Waals surface area (Å²) in [5.74, 6) is 2.32. The van der Waals surface area contributed by atoms with Gasteiger partial charge in [0.2, 0.25) is 5.89 Å². The summed E-state index contributed by atoms with van der Waals surface area (Å²) >= 11 is 0. The van der Waals surface area contributed by atoms with Crippen LogP contribution in [0.1, 0.15) is 56.7 Å². The molecule has 0 radical (unpaired) electrons. The summed E-state index contributed by atoms with van der Waals surface area (Å²) in [6, 6.07) is 0.198. The van der Waals surface area contributed by atoms with Crippen LogP contribution in [0.3, 0.4) is 0 Å². The first-order valence-corrected chi connectivity index (χ1v) is 6.58. The lowest BCUT2D eigenvalue weighted by Gasteiger charge is -2.19. The monoisotopic (exact) mass is 238 g/mol. The molecule has 96 valence electrons. The van der Waals surface area contributed by atoms with Crippen LogP contribution in [0, 0.1) is 0 Å². The van der Waals surface area contributed by atoms with E-state index in [1.54, 1.807) is 0 Å². The van der Waals surface area contributed by atoms with Crippen molar-refractivity contribution in [2.45, 2.75) is 45.1 Å². The zero-order valence-electron chi connectivity index (χ0n) is 10.7. The van der Waals surface area contributed by atoms with Crippen LogP contribution in [-0.4, -0.2) is 24.7 Å². The number of aromatic nitrogens is 1. The summed E-state index contributed by atoms with van der Waals surface area (Å²) in [5.41, 5.74) is 0. The molecule has 0 bridgehead atoms. The maximum absolute atomic E-state index is 5.85. The maximum Gasteiger partial charge on any atom is 0.211 e. The van der Waals surface area contributed by atoms with Crippen LogP contribution in [0.4, 0.5) is 0 Å². The summed E-state index contributed by atoms with van der Waals surface area (Å²) in [4.78, 5) is 4.37. The van der Waals surface area contributed by atoms with E-state index in [9.17, 15) is 0 Å². The maximum atomic E-state index is 5.85. The number of nitrogens with zero attached hydrogens (tertiary/aromatic N) is 1. The van der Waals surface area contributed by atoms with Crippen LogP contribution >= 0.6 is 0 Å². The molecule has 1 aliphatic rings. The van der Waals surface area contributed by atoms with E-state index in [1.807, 2.05) is 6.20 Å². The molecule has 1 aromatic heterocycles. The van der Waals surface area contributed by atoms with Crippen molar-refractivity contribution in [1.82, 2.24) is 10.3 Å². The van der Waals surface area contributed by atoms with Crippen molar-refractivity contribution in [2.75, 3.05) is 19.8 Å². The first-order valence-electron chi connectivity index (χ1n) is 6.58. The highest BCUT2D eigenvalue weighted by atomic mass is 16.5. The van der Waals surface area contributed by atoms with Gasteiger partial charge in [0.15, 0.2) is 0 Å². The van der Waals surface area contributed by atoms with Gasteiger partial charge in [0.1, 0.15) is 5.76 Å². The van der Waals surface area contributed by atoms with Crippen molar-refractivity contribution in [1.29, 1.82) is 0 Å². The summed E-state index contributed by atoms with van der Waals surface area (Å²) in [5, 5.41) is 3.38. The lowest BCUT2D eigenvalue weighted by Crippen LogP contribution is -2.19. The second-order valence-corrected chi connectivity index (χ2v) is 4.66. The van der Waals surface area contributed by atoms with Gasteiger partial charge in [0.25, 0.3) is 0 Å². The average Bonchev–Trinajstić information content (AvgIpc) is 2.86. The molecule has 2 heterocycles. The molecular formula is C13H22N2O2.